The summed E-state index contributed by atoms with van der Waals surface area (Å²) >= 11 is 5.96. The van der Waals surface area contributed by atoms with Crippen molar-refractivity contribution in [2.45, 2.75) is 17.7 Å². The monoisotopic (exact) mass is 390 g/mol. The molecule has 1 fully saturated rings. The number of nitrogens with zero attached hydrogens (tertiary/aromatic N) is 2. The molecule has 1 saturated heterocycles. The van der Waals surface area contributed by atoms with Crippen LogP contribution in [-0.4, -0.2) is 63.5 Å². The zero-order valence-corrected chi connectivity index (χ0v) is 15.5. The fourth-order valence-corrected chi connectivity index (χ4v) is 3.53. The van der Waals surface area contributed by atoms with Crippen molar-refractivity contribution in [3.8, 4) is 0 Å². The fourth-order valence-electron chi connectivity index (χ4n) is 2.33. The molecule has 1 aliphatic rings. The molecule has 0 radical (unpaired) electrons. The molecule has 1 aliphatic heterocycles. The molecule has 0 atom stereocenters. The van der Waals surface area contributed by atoms with Crippen LogP contribution in [0.2, 0.25) is 5.02 Å². The summed E-state index contributed by atoms with van der Waals surface area (Å²) in [7, 11) is -1.52. The molecule has 0 spiro atoms. The second kappa shape index (κ2) is 8.13. The summed E-state index contributed by atoms with van der Waals surface area (Å²) in [6.07, 6.45) is 1.86. The van der Waals surface area contributed by atoms with E-state index in [2.05, 4.69) is 4.84 Å². The highest BCUT2D eigenvalue weighted by Crippen LogP contribution is 2.23. The Morgan fingerprint density at radius 3 is 2.52 bits per heavy atom. The highest BCUT2D eigenvalue weighted by atomic mass is 35.5. The number of esters is 1. The van der Waals surface area contributed by atoms with E-state index >= 15 is 0 Å². The molecule has 10 heteroatoms. The number of amides is 1. The highest BCUT2D eigenvalue weighted by Gasteiger charge is 2.25. The van der Waals surface area contributed by atoms with Crippen LogP contribution in [0.3, 0.4) is 0 Å². The van der Waals surface area contributed by atoms with Crippen molar-refractivity contribution < 1.29 is 27.6 Å². The maximum Gasteiger partial charge on any atom is 0.340 e. The Labute approximate surface area is 151 Å². The minimum absolute atomic E-state index is 0.0256. The van der Waals surface area contributed by atoms with Crippen LogP contribution in [-0.2, 0) is 24.4 Å². The normalized spacial score (nSPS) is 14.8. The lowest BCUT2D eigenvalue weighted by molar-refractivity contribution is -0.133. The lowest BCUT2D eigenvalue weighted by atomic mass is 10.2. The summed E-state index contributed by atoms with van der Waals surface area (Å²) in [4.78, 5) is 30.2. The van der Waals surface area contributed by atoms with Crippen molar-refractivity contribution in [1.29, 1.82) is 0 Å². The molecule has 0 saturated carbocycles. The third-order valence-electron chi connectivity index (χ3n) is 3.84. The first-order valence-corrected chi connectivity index (χ1v) is 9.36. The van der Waals surface area contributed by atoms with Gasteiger partial charge in [-0.05, 0) is 31.0 Å². The maximum atomic E-state index is 12.2. The number of likely N-dealkylation sites (tertiary alicyclic amines) is 1. The third kappa shape index (κ3) is 4.49. The first-order valence-electron chi connectivity index (χ1n) is 7.55. The SMILES string of the molecule is CON(C)S(=O)(=O)c1ccc(Cl)c(C(=O)OCC(=O)N2CCCC2)c1. The van der Waals surface area contributed by atoms with E-state index in [4.69, 9.17) is 16.3 Å². The predicted molar refractivity (Wildman–Crippen MR) is 89.5 cm³/mol. The summed E-state index contributed by atoms with van der Waals surface area (Å²) in [6, 6.07) is 3.62. The Morgan fingerprint density at radius 2 is 1.92 bits per heavy atom. The number of hydroxylamine groups is 1. The van der Waals surface area contributed by atoms with Crippen LogP contribution in [0.15, 0.2) is 23.1 Å². The van der Waals surface area contributed by atoms with Gasteiger partial charge < -0.3 is 9.64 Å². The van der Waals surface area contributed by atoms with E-state index in [0.717, 1.165) is 18.9 Å². The van der Waals surface area contributed by atoms with E-state index < -0.39 is 22.6 Å². The van der Waals surface area contributed by atoms with Gasteiger partial charge in [0.05, 0.1) is 22.6 Å². The Balaban J connectivity index is 2.13. The first kappa shape index (κ1) is 19.6. The van der Waals surface area contributed by atoms with Crippen molar-refractivity contribution in [3.63, 3.8) is 0 Å². The van der Waals surface area contributed by atoms with Crippen LogP contribution in [0.25, 0.3) is 0 Å². The van der Waals surface area contributed by atoms with E-state index in [0.29, 0.717) is 17.6 Å². The first-order chi connectivity index (χ1) is 11.8. The summed E-state index contributed by atoms with van der Waals surface area (Å²) in [5, 5.41) is 0.0256. The van der Waals surface area contributed by atoms with Gasteiger partial charge in [0.2, 0.25) is 0 Å². The molecule has 0 aliphatic carbocycles. The van der Waals surface area contributed by atoms with E-state index in [-0.39, 0.29) is 21.4 Å². The summed E-state index contributed by atoms with van der Waals surface area (Å²) in [5.41, 5.74) is -0.138. The molecule has 1 amide bonds. The van der Waals surface area contributed by atoms with Crippen molar-refractivity contribution in [2.75, 3.05) is 33.9 Å². The van der Waals surface area contributed by atoms with Crippen LogP contribution in [0, 0.1) is 0 Å². The molecule has 0 aromatic heterocycles. The molecule has 25 heavy (non-hydrogen) atoms. The second-order valence-corrected chi connectivity index (χ2v) is 7.75. The van der Waals surface area contributed by atoms with E-state index in [1.54, 1.807) is 4.90 Å². The van der Waals surface area contributed by atoms with E-state index in [1.165, 1.54) is 26.3 Å². The van der Waals surface area contributed by atoms with Gasteiger partial charge in [-0.15, -0.1) is 0 Å². The molecule has 1 aromatic carbocycles. The van der Waals surface area contributed by atoms with Gasteiger partial charge in [0.1, 0.15) is 0 Å². The number of benzene rings is 1. The topological polar surface area (TPSA) is 93.2 Å². The van der Waals surface area contributed by atoms with Gasteiger partial charge in [0.15, 0.2) is 6.61 Å². The highest BCUT2D eigenvalue weighted by molar-refractivity contribution is 7.89. The Morgan fingerprint density at radius 1 is 1.28 bits per heavy atom. The third-order valence-corrected chi connectivity index (χ3v) is 5.84. The van der Waals surface area contributed by atoms with Crippen molar-refractivity contribution in [2.24, 2.45) is 0 Å². The Kier molecular flexibility index (Phi) is 6.39. The Bertz CT molecular complexity index is 761. The van der Waals surface area contributed by atoms with Crippen molar-refractivity contribution in [1.82, 2.24) is 9.37 Å². The van der Waals surface area contributed by atoms with Crippen LogP contribution < -0.4 is 0 Å². The molecule has 138 valence electrons. The number of halogens is 1. The van der Waals surface area contributed by atoms with Crippen LogP contribution in [0.5, 0.6) is 0 Å². The zero-order chi connectivity index (χ0) is 18.6. The summed E-state index contributed by atoms with van der Waals surface area (Å²) in [5.74, 6) is -1.15. The molecule has 2 rings (SSSR count). The number of ether oxygens (including phenoxy) is 1. The minimum atomic E-state index is -3.94. The van der Waals surface area contributed by atoms with Gasteiger partial charge in [0, 0.05) is 20.1 Å². The second-order valence-electron chi connectivity index (χ2n) is 5.40. The summed E-state index contributed by atoms with van der Waals surface area (Å²) < 4.78 is 30.1. The quantitative estimate of drug-likeness (QED) is 0.537. The number of carbonyl (C=O) groups excluding carboxylic acids is 2. The van der Waals surface area contributed by atoms with Gasteiger partial charge in [-0.2, -0.15) is 0 Å². The molecule has 0 bridgehead atoms. The van der Waals surface area contributed by atoms with Gasteiger partial charge in [-0.1, -0.05) is 16.1 Å². The lowest BCUT2D eigenvalue weighted by Crippen LogP contribution is -2.32. The standard InChI is InChI=1S/C15H19ClN2O6S/c1-17(23-2)25(21,22)11-5-6-13(16)12(9-11)15(20)24-10-14(19)18-7-3-4-8-18/h5-6,9H,3-4,7-8,10H2,1-2H3. The van der Waals surface area contributed by atoms with Crippen LogP contribution >= 0.6 is 11.6 Å². The zero-order valence-electron chi connectivity index (χ0n) is 13.9. The molecular formula is C15H19ClN2O6S. The van der Waals surface area contributed by atoms with Crippen molar-refractivity contribution >= 4 is 33.5 Å². The fraction of sp³-hybridized carbons (Fsp3) is 0.467. The van der Waals surface area contributed by atoms with Gasteiger partial charge in [-0.3, -0.25) is 9.63 Å². The predicted octanol–water partition coefficient (Wildman–Crippen LogP) is 1.30. The maximum absolute atomic E-state index is 12.2. The number of hydrogen-bond acceptors (Lipinski definition) is 6. The number of sulfonamides is 1. The molecule has 8 nitrogen and oxygen atoms in total. The van der Waals surface area contributed by atoms with Crippen molar-refractivity contribution in [3.05, 3.63) is 28.8 Å². The summed E-state index contributed by atoms with van der Waals surface area (Å²) in [6.45, 7) is 0.882. The molecular weight excluding hydrogens is 372 g/mol. The number of carbonyl (C=O) groups is 2. The molecule has 1 heterocycles. The molecule has 0 unspecified atom stereocenters. The van der Waals surface area contributed by atoms with Gasteiger partial charge in [0.25, 0.3) is 15.9 Å². The molecule has 0 N–H and O–H groups in total. The van der Waals surface area contributed by atoms with E-state index in [9.17, 15) is 18.0 Å². The van der Waals surface area contributed by atoms with Gasteiger partial charge >= 0.3 is 5.97 Å². The Hall–Kier alpha value is -1.68. The largest absolute Gasteiger partial charge is 0.452 e. The smallest absolute Gasteiger partial charge is 0.340 e. The van der Waals surface area contributed by atoms with E-state index in [1.807, 2.05) is 0 Å². The molecule has 1 aromatic rings. The number of hydrogen-bond donors (Lipinski definition) is 0. The van der Waals surface area contributed by atoms with Crippen LogP contribution in [0.1, 0.15) is 23.2 Å². The average Bonchev–Trinajstić information content (AvgIpc) is 3.13. The number of rotatable bonds is 6. The van der Waals surface area contributed by atoms with Crippen LogP contribution in [0.4, 0.5) is 0 Å². The lowest BCUT2D eigenvalue weighted by Gasteiger charge is -2.16. The average molecular weight is 391 g/mol. The minimum Gasteiger partial charge on any atom is -0.452 e. The van der Waals surface area contributed by atoms with Gasteiger partial charge in [-0.25, -0.2) is 13.2 Å².